The van der Waals surface area contributed by atoms with Crippen LogP contribution in [0.15, 0.2) is 0 Å². The van der Waals surface area contributed by atoms with Gasteiger partial charge in [0.15, 0.2) is 5.78 Å². The number of carboxylic acids is 4. The summed E-state index contributed by atoms with van der Waals surface area (Å²) < 4.78 is 0. The average molecular weight is 518 g/mol. The highest BCUT2D eigenvalue weighted by molar-refractivity contribution is 5.78. The minimum atomic E-state index is -1.79. The molecule has 0 aliphatic heterocycles. The number of carboxylic acid groups (broad SMARTS) is 4. The second kappa shape index (κ2) is 27.5. The molecule has 0 aromatic rings. The van der Waals surface area contributed by atoms with Crippen molar-refractivity contribution in [1.82, 2.24) is 0 Å². The summed E-state index contributed by atoms with van der Waals surface area (Å²) in [5.41, 5.74) is 25.0. The van der Waals surface area contributed by atoms with Crippen LogP contribution in [0.2, 0.25) is 0 Å². The number of aliphatic hydroxyl groups is 2. The third-order valence-electron chi connectivity index (χ3n) is 3.22. The lowest BCUT2D eigenvalue weighted by Gasteiger charge is -2.07. The third-order valence-corrected chi connectivity index (χ3v) is 3.22. The lowest BCUT2D eigenvalue weighted by Crippen LogP contribution is -2.34. The molecule has 0 bridgehead atoms. The molecule has 0 aliphatic rings. The number of unbranched alkanes of at least 4 members (excludes halogenated alkanes) is 1. The van der Waals surface area contributed by atoms with Gasteiger partial charge in [0.2, 0.25) is 6.29 Å². The first kappa shape index (κ1) is 42.4. The molecule has 0 rings (SSSR count). The molecule has 0 heterocycles. The first-order valence-electron chi connectivity index (χ1n) is 10.2. The molecule has 16 nitrogen and oxygen atoms in total. The van der Waals surface area contributed by atoms with E-state index in [0.29, 0.717) is 13.0 Å². The van der Waals surface area contributed by atoms with Crippen molar-refractivity contribution in [2.24, 2.45) is 34.6 Å². The van der Waals surface area contributed by atoms with E-state index in [0.717, 1.165) is 19.8 Å². The number of nitrogens with two attached hydrogens (primary N) is 5. The Morgan fingerprint density at radius 1 is 0.743 bits per heavy atom. The topological polar surface area (TPSA) is 337 Å². The smallest absolute Gasteiger partial charge is 0.320 e. The second-order valence-electron chi connectivity index (χ2n) is 7.05. The number of carbonyl (C=O) groups is 5. The molecule has 0 aromatic heterocycles. The maximum Gasteiger partial charge on any atom is 0.320 e. The Morgan fingerprint density at radius 3 is 1.20 bits per heavy atom. The van der Waals surface area contributed by atoms with Crippen LogP contribution in [0.3, 0.4) is 0 Å². The van der Waals surface area contributed by atoms with Gasteiger partial charge < -0.3 is 59.3 Å². The normalized spacial score (nSPS) is 11.9. The summed E-state index contributed by atoms with van der Waals surface area (Å²) in [5, 5.41) is 47.7. The van der Waals surface area contributed by atoms with Gasteiger partial charge in [0.25, 0.3) is 0 Å². The molecule has 0 radical (unpaired) electrons. The van der Waals surface area contributed by atoms with Crippen molar-refractivity contribution >= 4 is 29.7 Å². The van der Waals surface area contributed by atoms with Crippen LogP contribution in [0.25, 0.3) is 0 Å². The quantitative estimate of drug-likeness (QED) is 0.101. The van der Waals surface area contributed by atoms with Gasteiger partial charge in [-0.1, -0.05) is 20.3 Å². The molecule has 16 heteroatoms. The van der Waals surface area contributed by atoms with Crippen LogP contribution in [0.5, 0.6) is 0 Å². The molecular weight excluding hydrogens is 474 g/mol. The summed E-state index contributed by atoms with van der Waals surface area (Å²) in [4.78, 5) is 48.6. The fourth-order valence-electron chi connectivity index (χ4n) is 0.917. The molecule has 16 N–H and O–H groups in total. The molecule has 0 aromatic carbocycles. The first-order valence-corrected chi connectivity index (χ1v) is 10.2. The fraction of sp³-hybridized carbons (Fsp3) is 0.737. The summed E-state index contributed by atoms with van der Waals surface area (Å²) in [7, 11) is 0. The first-order chi connectivity index (χ1) is 15.8. The van der Waals surface area contributed by atoms with Gasteiger partial charge in [0.05, 0.1) is 6.54 Å². The Kier molecular flexibility index (Phi) is 33.4. The molecule has 0 saturated carbocycles. The summed E-state index contributed by atoms with van der Waals surface area (Å²) in [6.45, 7) is 6.40. The van der Waals surface area contributed by atoms with Crippen LogP contribution in [-0.4, -0.2) is 97.8 Å². The van der Waals surface area contributed by atoms with Crippen molar-refractivity contribution in [3.63, 3.8) is 0 Å². The molecule has 210 valence electrons. The maximum atomic E-state index is 10.1. The number of carbonyl (C=O) groups excluding carboxylic acids is 1. The van der Waals surface area contributed by atoms with Gasteiger partial charge >= 0.3 is 23.9 Å². The maximum absolute atomic E-state index is 10.1. The Hall–Kier alpha value is -2.73. The Morgan fingerprint density at radius 2 is 1.09 bits per heavy atom. The van der Waals surface area contributed by atoms with Crippen molar-refractivity contribution in [1.29, 1.82) is 0 Å². The highest BCUT2D eigenvalue weighted by Gasteiger charge is 2.14. The predicted octanol–water partition coefficient (Wildman–Crippen LogP) is -3.08. The summed E-state index contributed by atoms with van der Waals surface area (Å²) >= 11 is 0. The summed E-state index contributed by atoms with van der Waals surface area (Å²) in [6.07, 6.45) is 0.377. The second-order valence-corrected chi connectivity index (χ2v) is 7.05. The van der Waals surface area contributed by atoms with Gasteiger partial charge in [-0.05, 0) is 39.2 Å². The zero-order valence-electron chi connectivity index (χ0n) is 20.5. The van der Waals surface area contributed by atoms with Crippen LogP contribution in [0.1, 0.15) is 47.0 Å². The molecule has 0 aliphatic carbocycles. The Balaban J connectivity index is -0.000000110. The molecule has 3 atom stereocenters. The van der Waals surface area contributed by atoms with Crippen molar-refractivity contribution in [3.8, 4) is 0 Å². The number of hydrogen-bond acceptors (Lipinski definition) is 12. The number of hydrogen-bond donors (Lipinski definition) is 11. The van der Waals surface area contributed by atoms with Crippen LogP contribution in [-0.2, 0) is 24.0 Å². The van der Waals surface area contributed by atoms with Crippen molar-refractivity contribution in [2.75, 3.05) is 13.1 Å². The fourth-order valence-corrected chi connectivity index (χ4v) is 0.917. The standard InChI is InChI=1S/C6H14N2O2.C5H11NO2.C3H7NO2.C3H6O3.C2H5NO2/c7-4-2-1-3-5(8)6(9)10;1-3(2)4(6)5(7)8;2*1-2(4)3(5)6;3-1-2(4)5/h5H,1-4,7-8H2,(H,9,10);3-4H,6H2,1-2H3,(H,7,8);2H,4H2,1H3,(H,5,6);3,5-6H,1H3;1,3H2,(H,4,5). The number of aliphatic hydroxyl groups excluding tert-OH is 1. The van der Waals surface area contributed by atoms with E-state index in [9.17, 15) is 24.0 Å². The van der Waals surface area contributed by atoms with Gasteiger partial charge in [0, 0.05) is 0 Å². The summed E-state index contributed by atoms with van der Waals surface area (Å²) in [6, 6.07) is -2.16. The highest BCUT2D eigenvalue weighted by Crippen LogP contribution is 1.97. The van der Waals surface area contributed by atoms with Crippen molar-refractivity contribution in [3.05, 3.63) is 0 Å². The van der Waals surface area contributed by atoms with Gasteiger partial charge in [0.1, 0.15) is 18.1 Å². The monoisotopic (exact) mass is 517 g/mol. The molecule has 0 amide bonds. The molecule has 0 saturated heterocycles. The molecule has 35 heavy (non-hydrogen) atoms. The van der Waals surface area contributed by atoms with Crippen LogP contribution >= 0.6 is 0 Å². The SMILES string of the molecule is CC(=O)C(O)O.CC(C)C(N)C(=O)O.CC(N)C(=O)O.NCC(=O)O.NCCCCC(N)C(=O)O. The molecular formula is C19H43N5O11. The summed E-state index contributed by atoms with van der Waals surface area (Å²) in [5.74, 6) is -4.40. The minimum Gasteiger partial charge on any atom is -0.480 e. The van der Waals surface area contributed by atoms with Crippen LogP contribution < -0.4 is 28.7 Å². The number of Topliss-reactive ketones (excluding diaryl/α,β-unsaturated/α-hetero) is 1. The van der Waals surface area contributed by atoms with E-state index in [4.69, 9.17) is 53.6 Å². The minimum absolute atomic E-state index is 0.0208. The Labute approximate surface area is 204 Å². The van der Waals surface area contributed by atoms with Gasteiger partial charge in [-0.3, -0.25) is 24.0 Å². The largest absolute Gasteiger partial charge is 0.480 e. The number of aliphatic carboxylic acids is 4. The lowest BCUT2D eigenvalue weighted by molar-refractivity contribution is -0.142. The average Bonchev–Trinajstić information content (AvgIpc) is 2.74. The van der Waals surface area contributed by atoms with E-state index >= 15 is 0 Å². The zero-order chi connectivity index (χ0) is 29.3. The van der Waals surface area contributed by atoms with E-state index in [1.807, 2.05) is 0 Å². The van der Waals surface area contributed by atoms with Crippen LogP contribution in [0.4, 0.5) is 0 Å². The van der Waals surface area contributed by atoms with E-state index in [1.54, 1.807) is 13.8 Å². The van der Waals surface area contributed by atoms with E-state index in [1.165, 1.54) is 6.92 Å². The van der Waals surface area contributed by atoms with Gasteiger partial charge in [-0.25, -0.2) is 0 Å². The third kappa shape index (κ3) is 45.5. The van der Waals surface area contributed by atoms with E-state index in [-0.39, 0.29) is 12.5 Å². The molecule has 3 unspecified atom stereocenters. The Bertz CT molecular complexity index is 570. The molecule has 0 fully saturated rings. The highest BCUT2D eigenvalue weighted by atomic mass is 16.5. The van der Waals surface area contributed by atoms with E-state index in [2.05, 4.69) is 5.73 Å². The zero-order valence-corrected chi connectivity index (χ0v) is 20.5. The molecule has 0 spiro atoms. The predicted molar refractivity (Wildman–Crippen MR) is 126 cm³/mol. The van der Waals surface area contributed by atoms with Gasteiger partial charge in [-0.15, -0.1) is 0 Å². The number of rotatable bonds is 10. The van der Waals surface area contributed by atoms with E-state index < -0.39 is 54.1 Å². The van der Waals surface area contributed by atoms with Gasteiger partial charge in [-0.2, -0.15) is 0 Å². The van der Waals surface area contributed by atoms with Crippen LogP contribution in [0, 0.1) is 5.92 Å². The lowest BCUT2D eigenvalue weighted by atomic mass is 10.1. The van der Waals surface area contributed by atoms with Crippen molar-refractivity contribution < 1.29 is 54.6 Å². The van der Waals surface area contributed by atoms with Crippen molar-refractivity contribution in [2.45, 2.75) is 71.4 Å². The number of ketones is 1.